The number of hydrogen-bond acceptors (Lipinski definition) is 3. The first kappa shape index (κ1) is 16.5. The van der Waals surface area contributed by atoms with Crippen molar-refractivity contribution in [3.05, 3.63) is 29.6 Å². The second kappa shape index (κ2) is 9.34. The molecule has 19 heavy (non-hydrogen) atoms. The highest BCUT2D eigenvalue weighted by Crippen LogP contribution is 2.28. The Balaban J connectivity index is 2.61. The van der Waals surface area contributed by atoms with Gasteiger partial charge >= 0.3 is 0 Å². The normalized spacial score (nSPS) is 12.6. The summed E-state index contributed by atoms with van der Waals surface area (Å²) in [6.45, 7) is 6.50. The largest absolute Gasteiger partial charge is 0.383 e. The Kier molecular flexibility index (Phi) is 8.10. The maximum absolute atomic E-state index is 13.9. The molecule has 0 aromatic heterocycles. The van der Waals surface area contributed by atoms with E-state index in [2.05, 4.69) is 19.2 Å². The third-order valence-corrected chi connectivity index (χ3v) is 4.54. The molecule has 1 N–H and O–H groups in total. The van der Waals surface area contributed by atoms with Gasteiger partial charge in [0, 0.05) is 30.8 Å². The van der Waals surface area contributed by atoms with Crippen molar-refractivity contribution in [3.8, 4) is 0 Å². The summed E-state index contributed by atoms with van der Waals surface area (Å²) in [6.07, 6.45) is 1.13. The van der Waals surface area contributed by atoms with E-state index < -0.39 is 0 Å². The predicted octanol–water partition coefficient (Wildman–Crippen LogP) is 3.70. The topological polar surface area (TPSA) is 21.3 Å². The lowest BCUT2D eigenvalue weighted by Crippen LogP contribution is -2.19. The van der Waals surface area contributed by atoms with Crippen molar-refractivity contribution in [2.24, 2.45) is 5.92 Å². The predicted molar refractivity (Wildman–Crippen MR) is 80.2 cm³/mol. The molecule has 1 aromatic rings. The molecule has 0 aliphatic carbocycles. The highest BCUT2D eigenvalue weighted by Gasteiger charge is 2.10. The second-order valence-corrected chi connectivity index (χ2v) is 5.75. The van der Waals surface area contributed by atoms with Crippen LogP contribution in [0.25, 0.3) is 0 Å². The Morgan fingerprint density at radius 1 is 1.42 bits per heavy atom. The lowest BCUT2D eigenvalue weighted by atomic mass is 10.2. The van der Waals surface area contributed by atoms with Gasteiger partial charge in [-0.1, -0.05) is 32.4 Å². The Morgan fingerprint density at radius 3 is 2.89 bits per heavy atom. The molecule has 0 radical (unpaired) electrons. The van der Waals surface area contributed by atoms with E-state index in [-0.39, 0.29) is 5.82 Å². The second-order valence-electron chi connectivity index (χ2n) is 4.72. The molecule has 1 aromatic carbocycles. The van der Waals surface area contributed by atoms with E-state index >= 15 is 0 Å². The molecule has 4 heteroatoms. The van der Waals surface area contributed by atoms with E-state index in [0.29, 0.717) is 19.1 Å². The molecule has 2 nitrogen and oxygen atoms in total. The van der Waals surface area contributed by atoms with Crippen molar-refractivity contribution in [1.29, 1.82) is 0 Å². The van der Waals surface area contributed by atoms with E-state index in [1.165, 1.54) is 6.07 Å². The number of ether oxygens (including phenoxy) is 1. The third kappa shape index (κ3) is 5.93. The van der Waals surface area contributed by atoms with Crippen molar-refractivity contribution < 1.29 is 9.13 Å². The summed E-state index contributed by atoms with van der Waals surface area (Å²) < 4.78 is 18.9. The molecule has 1 atom stereocenters. The summed E-state index contributed by atoms with van der Waals surface area (Å²) in [5.74, 6) is 1.46. The zero-order valence-electron chi connectivity index (χ0n) is 12.0. The maximum atomic E-state index is 13.9. The molecule has 1 unspecified atom stereocenters. The average molecular weight is 285 g/mol. The molecule has 0 saturated carbocycles. The summed E-state index contributed by atoms with van der Waals surface area (Å²) >= 11 is 1.62. The molecule has 0 amide bonds. The van der Waals surface area contributed by atoms with E-state index in [4.69, 9.17) is 4.74 Å². The molecular formula is C15H24FNOS. The van der Waals surface area contributed by atoms with Crippen LogP contribution < -0.4 is 5.32 Å². The maximum Gasteiger partial charge on any atom is 0.137 e. The fourth-order valence-electron chi connectivity index (χ4n) is 1.60. The molecule has 0 aliphatic rings. The fraction of sp³-hybridized carbons (Fsp3) is 0.600. The van der Waals surface area contributed by atoms with Gasteiger partial charge in [0.15, 0.2) is 0 Å². The van der Waals surface area contributed by atoms with Gasteiger partial charge in [0.2, 0.25) is 0 Å². The molecular weight excluding hydrogens is 261 g/mol. The Hall–Kier alpha value is -0.580. The average Bonchev–Trinajstić information content (AvgIpc) is 2.42. The number of halogens is 1. The van der Waals surface area contributed by atoms with Crippen molar-refractivity contribution >= 4 is 11.8 Å². The molecule has 108 valence electrons. The molecule has 0 spiro atoms. The summed E-state index contributed by atoms with van der Waals surface area (Å²) in [4.78, 5) is 0.785. The molecule has 1 rings (SSSR count). The first-order valence-corrected chi connectivity index (χ1v) is 7.77. The van der Waals surface area contributed by atoms with Crippen molar-refractivity contribution in [1.82, 2.24) is 5.32 Å². The minimum absolute atomic E-state index is 0.112. The molecule has 0 bridgehead atoms. The Labute approximate surface area is 120 Å². The van der Waals surface area contributed by atoms with Gasteiger partial charge in [0.1, 0.15) is 5.82 Å². The molecule has 0 heterocycles. The van der Waals surface area contributed by atoms with Gasteiger partial charge in [0.25, 0.3) is 0 Å². The van der Waals surface area contributed by atoms with Gasteiger partial charge in [-0.05, 0) is 17.5 Å². The van der Waals surface area contributed by atoms with Crippen LogP contribution in [0.4, 0.5) is 4.39 Å². The van der Waals surface area contributed by atoms with Crippen molar-refractivity contribution in [2.75, 3.05) is 26.0 Å². The zero-order chi connectivity index (χ0) is 14.1. The van der Waals surface area contributed by atoms with Crippen LogP contribution in [0, 0.1) is 11.7 Å². The van der Waals surface area contributed by atoms with Crippen LogP contribution in [0.1, 0.15) is 25.8 Å². The number of benzene rings is 1. The Morgan fingerprint density at radius 2 is 2.21 bits per heavy atom. The lowest BCUT2D eigenvalue weighted by molar-refractivity contribution is 0.199. The van der Waals surface area contributed by atoms with Gasteiger partial charge in [-0.3, -0.25) is 0 Å². The highest BCUT2D eigenvalue weighted by atomic mass is 32.2. The van der Waals surface area contributed by atoms with Crippen molar-refractivity contribution in [3.63, 3.8) is 0 Å². The van der Waals surface area contributed by atoms with Gasteiger partial charge in [-0.25, -0.2) is 4.39 Å². The molecule has 0 aliphatic heterocycles. The van der Waals surface area contributed by atoms with Crippen LogP contribution in [0.2, 0.25) is 0 Å². The summed E-state index contributed by atoms with van der Waals surface area (Å²) in [7, 11) is 1.68. The fourth-order valence-corrected chi connectivity index (χ4v) is 2.81. The number of thioether (sulfide) groups is 1. The van der Waals surface area contributed by atoms with Crippen LogP contribution in [-0.2, 0) is 11.3 Å². The first-order valence-electron chi connectivity index (χ1n) is 6.78. The zero-order valence-corrected chi connectivity index (χ0v) is 12.9. The van der Waals surface area contributed by atoms with Crippen LogP contribution >= 0.6 is 11.8 Å². The first-order chi connectivity index (χ1) is 9.19. The van der Waals surface area contributed by atoms with Crippen LogP contribution in [0.3, 0.4) is 0 Å². The van der Waals surface area contributed by atoms with Crippen LogP contribution in [0.15, 0.2) is 23.1 Å². The van der Waals surface area contributed by atoms with Gasteiger partial charge in [0.05, 0.1) is 6.61 Å². The van der Waals surface area contributed by atoms with Crippen molar-refractivity contribution in [2.45, 2.75) is 31.7 Å². The van der Waals surface area contributed by atoms with Gasteiger partial charge in [-0.15, -0.1) is 11.8 Å². The standard InChI is InChI=1S/C15H24FNOS/c1-4-12(2)11-19-15-13(6-5-7-14(15)16)10-17-8-9-18-3/h5-7,12,17H,4,8-11H2,1-3H3. The number of methoxy groups -OCH3 is 1. The minimum Gasteiger partial charge on any atom is -0.383 e. The van der Waals surface area contributed by atoms with Crippen LogP contribution in [0.5, 0.6) is 0 Å². The molecule has 0 fully saturated rings. The minimum atomic E-state index is -0.112. The lowest BCUT2D eigenvalue weighted by Gasteiger charge is -2.13. The smallest absolute Gasteiger partial charge is 0.137 e. The van der Waals surface area contributed by atoms with Crippen LogP contribution in [-0.4, -0.2) is 26.0 Å². The quantitative estimate of drug-likeness (QED) is 0.552. The third-order valence-electron chi connectivity index (χ3n) is 3.06. The molecule has 0 saturated heterocycles. The monoisotopic (exact) mass is 285 g/mol. The summed E-state index contributed by atoms with van der Waals surface area (Å²) in [5, 5.41) is 3.27. The van der Waals surface area contributed by atoms with E-state index in [1.807, 2.05) is 6.07 Å². The SMILES string of the molecule is CCC(C)CSc1c(F)cccc1CNCCOC. The summed E-state index contributed by atoms with van der Waals surface area (Å²) in [5.41, 5.74) is 1.03. The van der Waals surface area contributed by atoms with Gasteiger partial charge in [-0.2, -0.15) is 0 Å². The number of rotatable bonds is 9. The van der Waals surface area contributed by atoms with E-state index in [9.17, 15) is 4.39 Å². The Bertz CT molecular complexity index is 373. The summed E-state index contributed by atoms with van der Waals surface area (Å²) in [6, 6.07) is 5.30. The van der Waals surface area contributed by atoms with E-state index in [1.54, 1.807) is 24.9 Å². The number of nitrogens with one attached hydrogen (secondary N) is 1. The highest BCUT2D eigenvalue weighted by molar-refractivity contribution is 7.99. The number of hydrogen-bond donors (Lipinski definition) is 1. The van der Waals surface area contributed by atoms with E-state index in [0.717, 1.165) is 29.2 Å². The van der Waals surface area contributed by atoms with Gasteiger partial charge < -0.3 is 10.1 Å².